The molecule has 20 heavy (non-hydrogen) atoms. The summed E-state index contributed by atoms with van der Waals surface area (Å²) in [6.07, 6.45) is 5.75. The summed E-state index contributed by atoms with van der Waals surface area (Å²) in [4.78, 5) is 4.33. The smallest absolute Gasteiger partial charge is 0.0951 e. The highest BCUT2D eigenvalue weighted by atomic mass is 35.5. The van der Waals surface area contributed by atoms with E-state index in [0.29, 0.717) is 0 Å². The second-order valence-electron chi connectivity index (χ2n) is 6.58. The Morgan fingerprint density at radius 3 is 2.45 bits per heavy atom. The van der Waals surface area contributed by atoms with E-state index in [2.05, 4.69) is 30.0 Å². The van der Waals surface area contributed by atoms with E-state index in [0.717, 1.165) is 17.0 Å². The summed E-state index contributed by atoms with van der Waals surface area (Å²) in [5.74, 6) is 0.957. The molecule has 2 nitrogen and oxygen atoms in total. The maximum absolute atomic E-state index is 6.10. The highest BCUT2D eigenvalue weighted by Gasteiger charge is 2.30. The van der Waals surface area contributed by atoms with Crippen molar-refractivity contribution in [1.29, 1.82) is 0 Å². The number of anilines is 1. The summed E-state index contributed by atoms with van der Waals surface area (Å²) in [5.41, 5.74) is 1.29. The fourth-order valence-electron chi connectivity index (χ4n) is 3.80. The van der Waals surface area contributed by atoms with Crippen molar-refractivity contribution in [2.24, 2.45) is 5.92 Å². The van der Waals surface area contributed by atoms with Gasteiger partial charge in [0.2, 0.25) is 0 Å². The van der Waals surface area contributed by atoms with Gasteiger partial charge >= 0.3 is 0 Å². The van der Waals surface area contributed by atoms with Crippen LogP contribution in [0.3, 0.4) is 0 Å². The van der Waals surface area contributed by atoms with E-state index in [1.165, 1.54) is 57.5 Å². The molecule has 0 radical (unpaired) electrons. The molecule has 0 aromatic heterocycles. The molecule has 2 aliphatic rings. The zero-order valence-electron chi connectivity index (χ0n) is 12.4. The number of nitrogens with one attached hydrogen (secondary N) is 1. The van der Waals surface area contributed by atoms with Crippen LogP contribution in [0.1, 0.15) is 32.6 Å². The molecule has 1 heterocycles. The Balaban J connectivity index is 1.54. The molecule has 3 heteroatoms. The van der Waals surface area contributed by atoms with Crippen molar-refractivity contribution in [3.8, 4) is 0 Å². The van der Waals surface area contributed by atoms with E-state index in [1.807, 2.05) is 11.0 Å². The lowest BCUT2D eigenvalue weighted by Crippen LogP contribution is -3.18. The van der Waals surface area contributed by atoms with E-state index in [1.54, 1.807) is 0 Å². The van der Waals surface area contributed by atoms with Gasteiger partial charge in [0.05, 0.1) is 32.2 Å². The summed E-state index contributed by atoms with van der Waals surface area (Å²) < 4.78 is 0. The van der Waals surface area contributed by atoms with Crippen molar-refractivity contribution in [2.75, 3.05) is 31.1 Å². The van der Waals surface area contributed by atoms with Crippen LogP contribution in [0, 0.1) is 5.92 Å². The Morgan fingerprint density at radius 2 is 1.80 bits per heavy atom. The van der Waals surface area contributed by atoms with E-state index in [4.69, 9.17) is 11.6 Å². The fraction of sp³-hybridized carbons (Fsp3) is 0.647. The topological polar surface area (TPSA) is 7.68 Å². The standard InChI is InChI=1S/C17H25ClN2/c1-14-5-7-16(8-6-14)19-9-11-20(12-10-19)17-4-2-3-15(18)13-17/h2-4,13-14,16H,5-12H2,1H3/p+1. The summed E-state index contributed by atoms with van der Waals surface area (Å²) in [7, 11) is 0. The largest absolute Gasteiger partial charge is 0.360 e. The predicted molar refractivity (Wildman–Crippen MR) is 85.8 cm³/mol. The van der Waals surface area contributed by atoms with E-state index >= 15 is 0 Å². The highest BCUT2D eigenvalue weighted by Crippen LogP contribution is 2.23. The first kappa shape index (κ1) is 14.2. The van der Waals surface area contributed by atoms with E-state index in [9.17, 15) is 0 Å². The Hall–Kier alpha value is -0.730. The van der Waals surface area contributed by atoms with Crippen LogP contribution in [0.25, 0.3) is 0 Å². The molecule has 1 aliphatic carbocycles. The molecule has 1 aromatic rings. The van der Waals surface area contributed by atoms with Gasteiger partial charge in [-0.15, -0.1) is 0 Å². The van der Waals surface area contributed by atoms with Crippen LogP contribution >= 0.6 is 11.6 Å². The Morgan fingerprint density at radius 1 is 1.10 bits per heavy atom. The molecule has 1 aliphatic heterocycles. The van der Waals surface area contributed by atoms with Crippen LogP contribution in [0.15, 0.2) is 24.3 Å². The minimum atomic E-state index is 0.846. The van der Waals surface area contributed by atoms with Gasteiger partial charge in [-0.3, -0.25) is 0 Å². The number of nitrogens with zero attached hydrogens (tertiary/aromatic N) is 1. The predicted octanol–water partition coefficient (Wildman–Crippen LogP) is 2.62. The van der Waals surface area contributed by atoms with Crippen molar-refractivity contribution >= 4 is 17.3 Å². The second-order valence-corrected chi connectivity index (χ2v) is 7.02. The molecular formula is C17H26ClN2+. The SMILES string of the molecule is CC1CCC([NH+]2CCN(c3cccc(Cl)c3)CC2)CC1. The molecule has 1 saturated carbocycles. The number of quaternary nitrogens is 1. The molecule has 0 atom stereocenters. The summed E-state index contributed by atoms with van der Waals surface area (Å²) in [5, 5.41) is 0.846. The third kappa shape index (κ3) is 3.29. The average Bonchev–Trinajstić information content (AvgIpc) is 2.48. The maximum Gasteiger partial charge on any atom is 0.0951 e. The summed E-state index contributed by atoms with van der Waals surface area (Å²) >= 11 is 6.10. The number of hydrogen-bond acceptors (Lipinski definition) is 1. The first-order valence-electron chi connectivity index (χ1n) is 8.07. The normalized spacial score (nSPS) is 28.6. The molecule has 2 fully saturated rings. The number of halogens is 1. The molecule has 1 N–H and O–H groups in total. The molecular weight excluding hydrogens is 268 g/mol. The lowest BCUT2D eigenvalue weighted by molar-refractivity contribution is -0.927. The lowest BCUT2D eigenvalue weighted by atomic mass is 9.86. The summed E-state index contributed by atoms with van der Waals surface area (Å²) in [6, 6.07) is 9.20. The van der Waals surface area contributed by atoms with Gasteiger partial charge in [-0.25, -0.2) is 0 Å². The van der Waals surface area contributed by atoms with E-state index in [-0.39, 0.29) is 0 Å². The Bertz CT molecular complexity index is 432. The molecule has 0 amide bonds. The van der Waals surface area contributed by atoms with Crippen molar-refractivity contribution in [1.82, 2.24) is 0 Å². The van der Waals surface area contributed by atoms with Gasteiger partial charge in [0.25, 0.3) is 0 Å². The number of piperazine rings is 1. The van der Waals surface area contributed by atoms with Crippen molar-refractivity contribution in [3.63, 3.8) is 0 Å². The zero-order chi connectivity index (χ0) is 13.9. The van der Waals surface area contributed by atoms with Gasteiger partial charge in [-0.05, 0) is 49.8 Å². The quantitative estimate of drug-likeness (QED) is 0.881. The molecule has 0 spiro atoms. The van der Waals surface area contributed by atoms with Crippen LogP contribution in [-0.2, 0) is 0 Å². The monoisotopic (exact) mass is 293 g/mol. The first-order chi connectivity index (χ1) is 9.72. The van der Waals surface area contributed by atoms with Crippen LogP contribution in [-0.4, -0.2) is 32.2 Å². The number of hydrogen-bond donors (Lipinski definition) is 1. The Kier molecular flexibility index (Phi) is 4.52. The highest BCUT2D eigenvalue weighted by molar-refractivity contribution is 6.30. The molecule has 1 saturated heterocycles. The van der Waals surface area contributed by atoms with Crippen molar-refractivity contribution in [2.45, 2.75) is 38.6 Å². The zero-order valence-corrected chi connectivity index (χ0v) is 13.2. The third-order valence-corrected chi connectivity index (χ3v) is 5.41. The van der Waals surface area contributed by atoms with Gasteiger partial charge in [0, 0.05) is 10.7 Å². The van der Waals surface area contributed by atoms with Gasteiger partial charge in [-0.1, -0.05) is 24.6 Å². The molecule has 1 aromatic carbocycles. The van der Waals surface area contributed by atoms with Crippen molar-refractivity contribution in [3.05, 3.63) is 29.3 Å². The van der Waals surface area contributed by atoms with Crippen molar-refractivity contribution < 1.29 is 4.90 Å². The summed E-state index contributed by atoms with van der Waals surface area (Å²) in [6.45, 7) is 7.31. The van der Waals surface area contributed by atoms with Gasteiger partial charge in [0.1, 0.15) is 0 Å². The van der Waals surface area contributed by atoms with Gasteiger partial charge in [0.15, 0.2) is 0 Å². The van der Waals surface area contributed by atoms with Gasteiger partial charge < -0.3 is 9.80 Å². The number of benzene rings is 1. The molecule has 0 unspecified atom stereocenters. The first-order valence-corrected chi connectivity index (χ1v) is 8.45. The van der Waals surface area contributed by atoms with Crippen LogP contribution in [0.5, 0.6) is 0 Å². The Labute approximate surface area is 127 Å². The molecule has 3 rings (SSSR count). The third-order valence-electron chi connectivity index (χ3n) is 5.17. The van der Waals surface area contributed by atoms with Gasteiger partial charge in [-0.2, -0.15) is 0 Å². The fourth-order valence-corrected chi connectivity index (χ4v) is 3.99. The van der Waals surface area contributed by atoms with Crippen LogP contribution in [0.4, 0.5) is 5.69 Å². The van der Waals surface area contributed by atoms with Crippen LogP contribution in [0.2, 0.25) is 5.02 Å². The maximum atomic E-state index is 6.10. The second kappa shape index (κ2) is 6.36. The lowest BCUT2D eigenvalue weighted by Gasteiger charge is -2.39. The molecule has 110 valence electrons. The number of rotatable bonds is 2. The van der Waals surface area contributed by atoms with E-state index < -0.39 is 0 Å². The minimum Gasteiger partial charge on any atom is -0.360 e. The van der Waals surface area contributed by atoms with Crippen LogP contribution < -0.4 is 9.80 Å². The minimum absolute atomic E-state index is 0.846. The molecule has 0 bridgehead atoms. The average molecular weight is 294 g/mol.